The number of fused-ring (bicyclic) bond motifs is 3. The molecule has 1 aliphatic rings. The minimum atomic E-state index is -0.892. The number of carbonyl (C=O) groups is 1. The van der Waals surface area contributed by atoms with Gasteiger partial charge in [0.15, 0.2) is 0 Å². The zero-order valence-electron chi connectivity index (χ0n) is 25.3. The van der Waals surface area contributed by atoms with E-state index in [-0.39, 0.29) is 0 Å². The molecule has 0 bridgehead atoms. The quantitative estimate of drug-likeness (QED) is 0.199. The number of aryl methyl sites for hydroxylation is 3. The number of hydrogen-bond acceptors (Lipinski definition) is 5. The summed E-state index contributed by atoms with van der Waals surface area (Å²) in [6.45, 7) is 5.88. The van der Waals surface area contributed by atoms with Gasteiger partial charge < -0.3 is 24.0 Å². The molecular weight excluding hydrogens is 540 g/mol. The van der Waals surface area contributed by atoms with Crippen LogP contribution in [0, 0.1) is 6.92 Å². The second kappa shape index (κ2) is 12.6. The van der Waals surface area contributed by atoms with Crippen LogP contribution in [0.1, 0.15) is 46.7 Å². The highest BCUT2D eigenvalue weighted by Gasteiger charge is 2.27. The number of para-hydroxylation sites is 1. The first-order valence-electron chi connectivity index (χ1n) is 15.2. The number of rotatable bonds is 9. The van der Waals surface area contributed by atoms with Gasteiger partial charge in [0.2, 0.25) is 0 Å². The van der Waals surface area contributed by atoms with Crippen molar-refractivity contribution in [1.29, 1.82) is 0 Å². The summed E-state index contributed by atoms with van der Waals surface area (Å²) in [5.41, 5.74) is 6.27. The Labute approximate surface area is 252 Å². The molecule has 1 N–H and O–H groups in total. The predicted octanol–water partition coefficient (Wildman–Crippen LogP) is 6.55. The van der Waals surface area contributed by atoms with E-state index in [0.29, 0.717) is 44.9 Å². The molecule has 0 saturated carbocycles. The number of carboxylic acid groups (broad SMARTS) is 1. The average Bonchev–Trinajstić information content (AvgIpc) is 3.48. The molecule has 0 unspecified atom stereocenters. The Morgan fingerprint density at radius 3 is 2.67 bits per heavy atom. The summed E-state index contributed by atoms with van der Waals surface area (Å²) in [7, 11) is 4.12. The van der Waals surface area contributed by atoms with Crippen LogP contribution >= 0.6 is 0 Å². The van der Waals surface area contributed by atoms with Crippen LogP contribution in [0.3, 0.4) is 0 Å². The SMILES string of the molecule is Cc1nn(CCN(C)C)c2c1-c1cccc3c(CCCOc4cccc5ccccc45)c(C(=O)O)n(c13)CCCCOC2. The molecule has 5 aromatic rings. The number of carboxylic acids is 1. The number of likely N-dealkylation sites (N-methyl/N-ethyl adjacent to an activating group) is 1. The maximum atomic E-state index is 12.9. The van der Waals surface area contributed by atoms with E-state index in [1.165, 1.54) is 0 Å². The zero-order chi connectivity index (χ0) is 29.9. The Kier molecular flexibility index (Phi) is 8.49. The Balaban J connectivity index is 1.39. The number of ether oxygens (including phenoxy) is 2. The van der Waals surface area contributed by atoms with Crippen molar-refractivity contribution in [2.75, 3.05) is 33.9 Å². The van der Waals surface area contributed by atoms with Crippen molar-refractivity contribution < 1.29 is 19.4 Å². The Bertz CT molecular complexity index is 1760. The van der Waals surface area contributed by atoms with Crippen LogP contribution in [0.4, 0.5) is 0 Å². The van der Waals surface area contributed by atoms with Gasteiger partial charge in [-0.1, -0.05) is 54.6 Å². The van der Waals surface area contributed by atoms with E-state index < -0.39 is 5.97 Å². The molecule has 3 heterocycles. The smallest absolute Gasteiger partial charge is 0.352 e. The molecule has 1 aliphatic heterocycles. The van der Waals surface area contributed by atoms with Crippen molar-refractivity contribution in [2.24, 2.45) is 0 Å². The van der Waals surface area contributed by atoms with Gasteiger partial charge in [0.1, 0.15) is 11.4 Å². The largest absolute Gasteiger partial charge is 0.493 e. The van der Waals surface area contributed by atoms with Crippen molar-refractivity contribution in [2.45, 2.75) is 52.3 Å². The molecule has 8 nitrogen and oxygen atoms in total. The zero-order valence-corrected chi connectivity index (χ0v) is 25.3. The average molecular weight is 581 g/mol. The lowest BCUT2D eigenvalue weighted by molar-refractivity contribution is 0.0683. The lowest BCUT2D eigenvalue weighted by Gasteiger charge is -2.14. The van der Waals surface area contributed by atoms with Gasteiger partial charge in [0, 0.05) is 41.6 Å². The summed E-state index contributed by atoms with van der Waals surface area (Å²) in [4.78, 5) is 15.0. The number of nitrogens with zero attached hydrogens (tertiary/aromatic N) is 4. The fourth-order valence-corrected chi connectivity index (χ4v) is 6.40. The maximum Gasteiger partial charge on any atom is 0.352 e. The minimum absolute atomic E-state index is 0.381. The molecule has 6 rings (SSSR count). The van der Waals surface area contributed by atoms with E-state index in [9.17, 15) is 9.90 Å². The van der Waals surface area contributed by atoms with Crippen LogP contribution < -0.4 is 4.74 Å². The Morgan fingerprint density at radius 1 is 1.05 bits per heavy atom. The molecule has 0 amide bonds. The summed E-state index contributed by atoms with van der Waals surface area (Å²) in [6, 6.07) is 20.5. The van der Waals surface area contributed by atoms with Gasteiger partial charge in [-0.15, -0.1) is 0 Å². The van der Waals surface area contributed by atoms with Crippen LogP contribution in [0.25, 0.3) is 32.8 Å². The van der Waals surface area contributed by atoms with Gasteiger partial charge >= 0.3 is 5.97 Å². The summed E-state index contributed by atoms with van der Waals surface area (Å²) in [5, 5.41) is 18.7. The summed E-state index contributed by atoms with van der Waals surface area (Å²) in [6.07, 6.45) is 3.00. The van der Waals surface area contributed by atoms with E-state index in [1.807, 2.05) is 41.8 Å². The third kappa shape index (κ3) is 5.77. The summed E-state index contributed by atoms with van der Waals surface area (Å²) in [5.74, 6) is -0.0379. The van der Waals surface area contributed by atoms with Crippen LogP contribution in [0.2, 0.25) is 0 Å². The molecule has 0 radical (unpaired) electrons. The maximum absolute atomic E-state index is 12.9. The molecule has 43 heavy (non-hydrogen) atoms. The van der Waals surface area contributed by atoms with Crippen LogP contribution in [-0.2, 0) is 30.9 Å². The van der Waals surface area contributed by atoms with Crippen LogP contribution in [0.5, 0.6) is 5.75 Å². The van der Waals surface area contributed by atoms with Gasteiger partial charge in [-0.25, -0.2) is 4.79 Å². The molecule has 0 saturated heterocycles. The lowest BCUT2D eigenvalue weighted by atomic mass is 9.98. The minimum Gasteiger partial charge on any atom is -0.493 e. The highest BCUT2D eigenvalue weighted by atomic mass is 16.5. The third-order valence-electron chi connectivity index (χ3n) is 8.39. The number of hydrogen-bond donors (Lipinski definition) is 1. The van der Waals surface area contributed by atoms with E-state index in [2.05, 4.69) is 54.0 Å². The van der Waals surface area contributed by atoms with E-state index >= 15 is 0 Å². The fourth-order valence-electron chi connectivity index (χ4n) is 6.40. The fraction of sp³-hybridized carbons (Fsp3) is 0.371. The topological polar surface area (TPSA) is 81.8 Å². The standard InChI is InChI=1S/C35H40N4O4/c1-24-32-29-15-9-14-27-28(16-10-22-43-31-17-8-12-25-11-4-5-13-26(25)31)34(35(40)41)38(33(27)29)18-6-7-21-42-23-30(32)39(36-24)20-19-37(2)3/h4-5,8-9,11-15,17H,6-7,10,16,18-23H2,1-3H3,(H,40,41). The first kappa shape index (κ1) is 29.0. The third-order valence-corrected chi connectivity index (χ3v) is 8.39. The van der Waals surface area contributed by atoms with E-state index in [0.717, 1.165) is 81.4 Å². The number of benzene rings is 3. The molecule has 0 spiro atoms. The number of aromatic carboxylic acids is 1. The van der Waals surface area contributed by atoms with E-state index in [4.69, 9.17) is 14.6 Å². The van der Waals surface area contributed by atoms with Gasteiger partial charge in [-0.2, -0.15) is 5.10 Å². The highest BCUT2D eigenvalue weighted by molar-refractivity contribution is 6.04. The van der Waals surface area contributed by atoms with Crippen molar-refractivity contribution in [3.8, 4) is 16.9 Å². The van der Waals surface area contributed by atoms with Crippen molar-refractivity contribution in [1.82, 2.24) is 19.2 Å². The lowest BCUT2D eigenvalue weighted by Crippen LogP contribution is -2.20. The second-order valence-corrected chi connectivity index (χ2v) is 11.6. The van der Waals surface area contributed by atoms with Gasteiger partial charge in [0.25, 0.3) is 0 Å². The van der Waals surface area contributed by atoms with Crippen LogP contribution in [0.15, 0.2) is 60.7 Å². The van der Waals surface area contributed by atoms with Crippen molar-refractivity contribution >= 4 is 27.6 Å². The van der Waals surface area contributed by atoms with Gasteiger partial charge in [-0.3, -0.25) is 4.68 Å². The predicted molar refractivity (Wildman–Crippen MR) is 170 cm³/mol. The van der Waals surface area contributed by atoms with Gasteiger partial charge in [0.05, 0.1) is 36.7 Å². The molecule has 224 valence electrons. The first-order valence-corrected chi connectivity index (χ1v) is 15.2. The monoisotopic (exact) mass is 580 g/mol. The molecule has 2 aromatic heterocycles. The second-order valence-electron chi connectivity index (χ2n) is 11.6. The molecule has 0 atom stereocenters. The van der Waals surface area contributed by atoms with E-state index in [1.54, 1.807) is 0 Å². The Hall–Kier alpha value is -4.14. The Morgan fingerprint density at radius 2 is 1.84 bits per heavy atom. The highest BCUT2D eigenvalue weighted by Crippen LogP contribution is 2.39. The molecule has 0 aliphatic carbocycles. The van der Waals surface area contributed by atoms with Gasteiger partial charge in [-0.05, 0) is 63.7 Å². The summed E-state index contributed by atoms with van der Waals surface area (Å²) >= 11 is 0. The molecule has 8 heteroatoms. The van der Waals surface area contributed by atoms with Crippen molar-refractivity contribution in [3.63, 3.8) is 0 Å². The molecule has 0 fully saturated rings. The summed E-state index contributed by atoms with van der Waals surface area (Å²) < 4.78 is 16.5. The first-order chi connectivity index (χ1) is 20.9. The van der Waals surface area contributed by atoms with Crippen LogP contribution in [-0.4, -0.2) is 64.2 Å². The normalized spacial score (nSPS) is 13.8. The number of aromatic nitrogens is 3. The molecular formula is C35H40N4O4. The van der Waals surface area contributed by atoms with Crippen molar-refractivity contribution in [3.05, 3.63) is 83.3 Å². The molecule has 3 aromatic carbocycles.